The van der Waals surface area contributed by atoms with Crippen LogP contribution >= 0.6 is 23.1 Å². The fourth-order valence-electron chi connectivity index (χ4n) is 3.14. The number of fused-ring (bicyclic) bond motifs is 1. The summed E-state index contributed by atoms with van der Waals surface area (Å²) in [6.07, 6.45) is 0. The molecule has 31 heavy (non-hydrogen) atoms. The van der Waals surface area contributed by atoms with Crippen molar-refractivity contribution in [3.63, 3.8) is 0 Å². The van der Waals surface area contributed by atoms with E-state index in [4.69, 9.17) is 9.72 Å². The van der Waals surface area contributed by atoms with E-state index >= 15 is 0 Å². The van der Waals surface area contributed by atoms with Crippen molar-refractivity contribution in [2.75, 3.05) is 17.7 Å². The molecule has 0 aliphatic heterocycles. The molecular formula is C23H21N3O3S2. The molecule has 2 aromatic carbocycles. The Labute approximate surface area is 187 Å². The number of thiophene rings is 1. The topological polar surface area (TPSA) is 73.2 Å². The molecule has 0 atom stereocenters. The van der Waals surface area contributed by atoms with Crippen molar-refractivity contribution in [3.05, 3.63) is 70.3 Å². The molecule has 1 amide bonds. The summed E-state index contributed by atoms with van der Waals surface area (Å²) in [7, 11) is 1.68. The van der Waals surface area contributed by atoms with E-state index in [9.17, 15) is 9.59 Å². The van der Waals surface area contributed by atoms with Crippen LogP contribution in [0.15, 0.2) is 69.9 Å². The number of hydrogen-bond donors (Lipinski definition) is 1. The van der Waals surface area contributed by atoms with Crippen molar-refractivity contribution < 1.29 is 9.53 Å². The zero-order valence-electron chi connectivity index (χ0n) is 17.1. The maximum Gasteiger partial charge on any atom is 0.271 e. The van der Waals surface area contributed by atoms with Gasteiger partial charge in [0.25, 0.3) is 5.56 Å². The van der Waals surface area contributed by atoms with Crippen molar-refractivity contribution in [3.8, 4) is 16.9 Å². The zero-order chi connectivity index (χ0) is 21.8. The van der Waals surface area contributed by atoms with Gasteiger partial charge in [-0.3, -0.25) is 14.2 Å². The highest BCUT2D eigenvalue weighted by Gasteiger charge is 2.16. The lowest BCUT2D eigenvalue weighted by Crippen LogP contribution is -2.21. The number of para-hydroxylation sites is 2. The number of ether oxygens (including phenoxy) is 1. The minimum atomic E-state index is -0.194. The van der Waals surface area contributed by atoms with Crippen molar-refractivity contribution in [2.24, 2.45) is 7.05 Å². The van der Waals surface area contributed by atoms with Crippen LogP contribution in [0.2, 0.25) is 0 Å². The molecule has 8 heteroatoms. The molecule has 0 saturated carbocycles. The first-order valence-electron chi connectivity index (χ1n) is 9.76. The normalized spacial score (nSPS) is 10.9. The lowest BCUT2D eigenvalue weighted by atomic mass is 10.1. The number of aromatic nitrogens is 2. The second kappa shape index (κ2) is 9.36. The Balaban J connectivity index is 1.57. The molecule has 0 radical (unpaired) electrons. The Bertz CT molecular complexity index is 1280. The highest BCUT2D eigenvalue weighted by atomic mass is 32.2. The lowest BCUT2D eigenvalue weighted by molar-refractivity contribution is -0.113. The standard InChI is InChI=1S/C23H21N3O3S2/c1-3-29-18-12-8-7-11-17(18)24-19(27)14-31-23-25-20-16(15-9-5-4-6-10-15)13-30-21(20)22(28)26(23)2/h4-13H,3,14H2,1-2H3,(H,24,27). The molecule has 2 aromatic heterocycles. The number of benzene rings is 2. The van der Waals surface area contributed by atoms with Crippen molar-refractivity contribution in [1.29, 1.82) is 0 Å². The molecule has 0 aliphatic rings. The minimum Gasteiger partial charge on any atom is -0.492 e. The molecule has 2 heterocycles. The van der Waals surface area contributed by atoms with Crippen LogP contribution in [0.5, 0.6) is 5.75 Å². The van der Waals surface area contributed by atoms with Gasteiger partial charge < -0.3 is 10.1 Å². The molecule has 0 unspecified atom stereocenters. The number of carbonyl (C=O) groups excluding carboxylic acids is 1. The van der Waals surface area contributed by atoms with E-state index in [-0.39, 0.29) is 17.2 Å². The maximum atomic E-state index is 12.8. The van der Waals surface area contributed by atoms with E-state index < -0.39 is 0 Å². The average Bonchev–Trinajstić information content (AvgIpc) is 3.21. The van der Waals surface area contributed by atoms with Crippen molar-refractivity contribution in [2.45, 2.75) is 12.1 Å². The van der Waals surface area contributed by atoms with E-state index in [1.807, 2.05) is 60.8 Å². The molecule has 0 aliphatic carbocycles. The Morgan fingerprint density at radius 3 is 2.68 bits per heavy atom. The molecule has 0 fully saturated rings. The molecule has 0 spiro atoms. The van der Waals surface area contributed by atoms with E-state index in [0.29, 0.717) is 33.4 Å². The van der Waals surface area contributed by atoms with Crippen LogP contribution in [-0.2, 0) is 11.8 Å². The maximum absolute atomic E-state index is 12.8. The molecule has 4 aromatic rings. The zero-order valence-corrected chi connectivity index (χ0v) is 18.8. The molecule has 1 N–H and O–H groups in total. The summed E-state index contributed by atoms with van der Waals surface area (Å²) < 4.78 is 7.66. The first-order chi connectivity index (χ1) is 15.1. The molecular weight excluding hydrogens is 430 g/mol. The summed E-state index contributed by atoms with van der Waals surface area (Å²) in [5.41, 5.74) is 3.12. The largest absolute Gasteiger partial charge is 0.492 e. The Hall–Kier alpha value is -3.10. The highest BCUT2D eigenvalue weighted by Crippen LogP contribution is 2.32. The van der Waals surface area contributed by atoms with Gasteiger partial charge in [0.05, 0.1) is 23.6 Å². The molecule has 158 valence electrons. The number of hydrogen-bond acceptors (Lipinski definition) is 6. The fraction of sp³-hybridized carbons (Fsp3) is 0.174. The number of nitrogens with one attached hydrogen (secondary N) is 1. The molecule has 4 rings (SSSR count). The van der Waals surface area contributed by atoms with Gasteiger partial charge in [0.2, 0.25) is 5.91 Å². The van der Waals surface area contributed by atoms with Gasteiger partial charge in [-0.05, 0) is 24.6 Å². The third kappa shape index (κ3) is 4.50. The van der Waals surface area contributed by atoms with Gasteiger partial charge in [0.1, 0.15) is 10.4 Å². The highest BCUT2D eigenvalue weighted by molar-refractivity contribution is 7.99. The van der Waals surface area contributed by atoms with Crippen molar-refractivity contribution in [1.82, 2.24) is 9.55 Å². The number of anilines is 1. The third-order valence-electron chi connectivity index (χ3n) is 4.64. The monoisotopic (exact) mass is 451 g/mol. The fourth-order valence-corrected chi connectivity index (χ4v) is 4.90. The average molecular weight is 452 g/mol. The second-order valence-electron chi connectivity index (χ2n) is 6.72. The van der Waals surface area contributed by atoms with E-state index in [1.165, 1.54) is 27.7 Å². The van der Waals surface area contributed by atoms with Gasteiger partial charge in [-0.1, -0.05) is 54.2 Å². The lowest BCUT2D eigenvalue weighted by Gasteiger charge is -2.11. The van der Waals surface area contributed by atoms with Gasteiger partial charge in [-0.2, -0.15) is 0 Å². The molecule has 6 nitrogen and oxygen atoms in total. The SMILES string of the molecule is CCOc1ccccc1NC(=O)CSc1nc2c(-c3ccccc3)csc2c(=O)n1C. The van der Waals surface area contributed by atoms with Crippen LogP contribution in [0.3, 0.4) is 0 Å². The Kier molecular flexibility index (Phi) is 6.39. The first-order valence-corrected chi connectivity index (χ1v) is 11.6. The van der Waals surface area contributed by atoms with Gasteiger partial charge >= 0.3 is 0 Å². The van der Waals surface area contributed by atoms with E-state index in [1.54, 1.807) is 13.1 Å². The smallest absolute Gasteiger partial charge is 0.271 e. The summed E-state index contributed by atoms with van der Waals surface area (Å²) in [6.45, 7) is 2.41. The van der Waals surface area contributed by atoms with Crippen LogP contribution in [0.4, 0.5) is 5.69 Å². The van der Waals surface area contributed by atoms with Crippen LogP contribution < -0.4 is 15.6 Å². The Morgan fingerprint density at radius 1 is 1.16 bits per heavy atom. The van der Waals surface area contributed by atoms with Crippen LogP contribution in [0.1, 0.15) is 6.92 Å². The molecule has 0 saturated heterocycles. The second-order valence-corrected chi connectivity index (χ2v) is 8.54. The minimum absolute atomic E-state index is 0.109. The van der Waals surface area contributed by atoms with Gasteiger partial charge in [-0.25, -0.2) is 4.98 Å². The number of rotatable bonds is 7. The Morgan fingerprint density at radius 2 is 1.90 bits per heavy atom. The summed E-state index contributed by atoms with van der Waals surface area (Å²) >= 11 is 2.63. The predicted octanol–water partition coefficient (Wildman–Crippen LogP) is 4.79. The number of amides is 1. The summed E-state index contributed by atoms with van der Waals surface area (Å²) in [5.74, 6) is 0.554. The van der Waals surface area contributed by atoms with Gasteiger partial charge in [0.15, 0.2) is 5.16 Å². The van der Waals surface area contributed by atoms with Gasteiger partial charge in [0, 0.05) is 18.0 Å². The quantitative estimate of drug-likeness (QED) is 0.323. The number of carbonyl (C=O) groups is 1. The summed E-state index contributed by atoms with van der Waals surface area (Å²) in [4.78, 5) is 30.1. The summed E-state index contributed by atoms with van der Waals surface area (Å²) in [5, 5.41) is 5.33. The predicted molar refractivity (Wildman–Crippen MR) is 127 cm³/mol. The van der Waals surface area contributed by atoms with Crippen LogP contribution in [-0.4, -0.2) is 27.8 Å². The van der Waals surface area contributed by atoms with E-state index in [2.05, 4.69) is 5.32 Å². The number of thioether (sulfide) groups is 1. The first kappa shape index (κ1) is 21.1. The third-order valence-corrected chi connectivity index (χ3v) is 6.62. The molecule has 0 bridgehead atoms. The number of nitrogens with zero attached hydrogens (tertiary/aromatic N) is 2. The van der Waals surface area contributed by atoms with Crippen LogP contribution in [0, 0.1) is 0 Å². The van der Waals surface area contributed by atoms with E-state index in [0.717, 1.165) is 11.1 Å². The van der Waals surface area contributed by atoms with Crippen LogP contribution in [0.25, 0.3) is 21.3 Å². The summed E-state index contributed by atoms with van der Waals surface area (Å²) in [6, 6.07) is 17.2. The van der Waals surface area contributed by atoms with Gasteiger partial charge in [-0.15, -0.1) is 11.3 Å². The van der Waals surface area contributed by atoms with Crippen molar-refractivity contribution >= 4 is 44.9 Å².